The molecular formula is C23H28ClN5O. The first-order valence-electron chi connectivity index (χ1n) is 9.89. The first kappa shape index (κ1) is 21.9. The number of anilines is 1. The van der Waals surface area contributed by atoms with E-state index in [2.05, 4.69) is 42.5 Å². The maximum absolute atomic E-state index is 5.29. The van der Waals surface area contributed by atoms with Gasteiger partial charge in [-0.05, 0) is 64.3 Å². The van der Waals surface area contributed by atoms with Crippen LogP contribution in [0.2, 0.25) is 0 Å². The number of nitrogens with one attached hydrogen (secondary N) is 1. The number of aromatic nitrogens is 3. The van der Waals surface area contributed by atoms with Crippen molar-refractivity contribution in [1.82, 2.24) is 19.7 Å². The average Bonchev–Trinajstić information content (AvgIpc) is 3.06. The fourth-order valence-corrected chi connectivity index (χ4v) is 3.64. The Bertz CT molecular complexity index is 1140. The van der Waals surface area contributed by atoms with Gasteiger partial charge in [-0.25, -0.2) is 9.67 Å². The smallest absolute Gasteiger partial charge is 0.165 e. The van der Waals surface area contributed by atoms with Crippen LogP contribution in [0.5, 0.6) is 5.75 Å². The lowest BCUT2D eigenvalue weighted by molar-refractivity contribution is 0.405. The number of aryl methyl sites for hydroxylation is 1. The Balaban J connectivity index is 0.00000256. The van der Waals surface area contributed by atoms with E-state index in [1.165, 1.54) is 0 Å². The minimum atomic E-state index is 0. The highest BCUT2D eigenvalue weighted by molar-refractivity contribution is 6.07. The molecule has 0 aliphatic rings. The zero-order chi connectivity index (χ0) is 20.4. The second kappa shape index (κ2) is 9.32. The van der Waals surface area contributed by atoms with E-state index in [4.69, 9.17) is 14.8 Å². The number of methoxy groups -OCH3 is 1. The number of halogens is 1. The Morgan fingerprint density at radius 2 is 1.80 bits per heavy atom. The molecule has 0 bridgehead atoms. The van der Waals surface area contributed by atoms with Gasteiger partial charge in [-0.15, -0.1) is 12.4 Å². The molecule has 7 heteroatoms. The molecule has 2 aromatic heterocycles. The standard InChI is InChI=1S/C23H27N5O.ClH/c1-16-21-22(24-14-7-15-27(2)3)19-8-5-6-9-20(19)25-23(21)28(26-16)17-10-12-18(29-4)13-11-17;/h5-6,8-13H,7,14-15H2,1-4H3,(H,24,25);1H. The predicted molar refractivity (Wildman–Crippen MR) is 127 cm³/mol. The van der Waals surface area contributed by atoms with Crippen LogP contribution in [0, 0.1) is 6.92 Å². The third-order valence-corrected chi connectivity index (χ3v) is 5.09. The number of benzene rings is 2. The summed E-state index contributed by atoms with van der Waals surface area (Å²) in [6.07, 6.45) is 1.07. The van der Waals surface area contributed by atoms with E-state index in [1.54, 1.807) is 7.11 Å². The topological polar surface area (TPSA) is 55.2 Å². The van der Waals surface area contributed by atoms with Crippen molar-refractivity contribution in [2.45, 2.75) is 13.3 Å². The zero-order valence-electron chi connectivity index (χ0n) is 17.8. The van der Waals surface area contributed by atoms with E-state index in [0.29, 0.717) is 0 Å². The number of fused-ring (bicyclic) bond motifs is 2. The molecule has 0 aliphatic carbocycles. The van der Waals surface area contributed by atoms with Gasteiger partial charge < -0.3 is 15.0 Å². The van der Waals surface area contributed by atoms with E-state index in [-0.39, 0.29) is 12.4 Å². The Labute approximate surface area is 183 Å². The van der Waals surface area contributed by atoms with Gasteiger partial charge in [0.1, 0.15) is 5.75 Å². The quantitative estimate of drug-likeness (QED) is 0.436. The van der Waals surface area contributed by atoms with Gasteiger partial charge in [0.2, 0.25) is 0 Å². The molecule has 2 aromatic carbocycles. The minimum Gasteiger partial charge on any atom is -0.497 e. The van der Waals surface area contributed by atoms with Crippen LogP contribution in [0.1, 0.15) is 12.1 Å². The summed E-state index contributed by atoms with van der Waals surface area (Å²) in [5.74, 6) is 0.823. The molecule has 0 fully saturated rings. The normalized spacial score (nSPS) is 11.1. The second-order valence-corrected chi connectivity index (χ2v) is 7.48. The maximum atomic E-state index is 5.29. The first-order chi connectivity index (χ1) is 14.1. The number of nitrogens with zero attached hydrogens (tertiary/aromatic N) is 4. The van der Waals surface area contributed by atoms with Crippen LogP contribution in [-0.4, -0.2) is 54.0 Å². The van der Waals surface area contributed by atoms with Crippen LogP contribution in [0.25, 0.3) is 27.6 Å². The summed E-state index contributed by atoms with van der Waals surface area (Å²) >= 11 is 0. The maximum Gasteiger partial charge on any atom is 0.165 e. The molecule has 6 nitrogen and oxygen atoms in total. The fourth-order valence-electron chi connectivity index (χ4n) is 3.64. The van der Waals surface area contributed by atoms with Crippen molar-refractivity contribution in [3.8, 4) is 11.4 Å². The molecule has 0 amide bonds. The molecule has 1 N–H and O–H groups in total. The third-order valence-electron chi connectivity index (χ3n) is 5.09. The lowest BCUT2D eigenvalue weighted by Gasteiger charge is -2.14. The minimum absolute atomic E-state index is 0. The number of para-hydroxylation sites is 1. The van der Waals surface area contributed by atoms with Crippen LogP contribution in [-0.2, 0) is 0 Å². The predicted octanol–water partition coefficient (Wildman–Crippen LogP) is 4.68. The highest BCUT2D eigenvalue weighted by atomic mass is 35.5. The molecule has 0 spiro atoms. The van der Waals surface area contributed by atoms with Crippen molar-refractivity contribution in [2.75, 3.05) is 39.6 Å². The highest BCUT2D eigenvalue weighted by Gasteiger charge is 2.17. The summed E-state index contributed by atoms with van der Waals surface area (Å²) in [7, 11) is 5.87. The van der Waals surface area contributed by atoms with E-state index < -0.39 is 0 Å². The zero-order valence-corrected chi connectivity index (χ0v) is 18.7. The van der Waals surface area contributed by atoms with Crippen molar-refractivity contribution < 1.29 is 4.74 Å². The van der Waals surface area contributed by atoms with Crippen molar-refractivity contribution in [2.24, 2.45) is 0 Å². The van der Waals surface area contributed by atoms with Crippen molar-refractivity contribution in [3.05, 3.63) is 54.2 Å². The SMILES string of the molecule is COc1ccc(-n2nc(C)c3c(NCCCN(C)C)c4ccccc4nc32)cc1.Cl. The summed E-state index contributed by atoms with van der Waals surface area (Å²) in [5.41, 5.74) is 4.86. The number of rotatable bonds is 7. The molecular weight excluding hydrogens is 398 g/mol. The van der Waals surface area contributed by atoms with Crippen LogP contribution in [0.4, 0.5) is 5.69 Å². The summed E-state index contributed by atoms with van der Waals surface area (Å²) in [6.45, 7) is 3.99. The van der Waals surface area contributed by atoms with Gasteiger partial charge in [0.05, 0.1) is 35.1 Å². The van der Waals surface area contributed by atoms with Gasteiger partial charge >= 0.3 is 0 Å². The summed E-state index contributed by atoms with van der Waals surface area (Å²) in [6, 6.07) is 16.2. The van der Waals surface area contributed by atoms with Crippen LogP contribution in [0.3, 0.4) is 0 Å². The molecule has 2 heterocycles. The van der Waals surface area contributed by atoms with Crippen LogP contribution < -0.4 is 10.1 Å². The summed E-state index contributed by atoms with van der Waals surface area (Å²) in [5, 5.41) is 10.7. The molecule has 30 heavy (non-hydrogen) atoms. The lowest BCUT2D eigenvalue weighted by Crippen LogP contribution is -2.16. The van der Waals surface area contributed by atoms with Crippen LogP contribution in [0.15, 0.2) is 48.5 Å². The van der Waals surface area contributed by atoms with Crippen molar-refractivity contribution >= 4 is 40.0 Å². The van der Waals surface area contributed by atoms with Gasteiger partial charge in [0.25, 0.3) is 0 Å². The van der Waals surface area contributed by atoms with Gasteiger partial charge in [-0.1, -0.05) is 18.2 Å². The van der Waals surface area contributed by atoms with Gasteiger partial charge in [-0.3, -0.25) is 0 Å². The van der Waals surface area contributed by atoms with Crippen molar-refractivity contribution in [1.29, 1.82) is 0 Å². The average molecular weight is 426 g/mol. The summed E-state index contributed by atoms with van der Waals surface area (Å²) < 4.78 is 7.21. The fraction of sp³-hybridized carbons (Fsp3) is 0.304. The Kier molecular flexibility index (Phi) is 6.80. The van der Waals surface area contributed by atoms with Gasteiger partial charge in [-0.2, -0.15) is 5.10 Å². The van der Waals surface area contributed by atoms with Crippen molar-refractivity contribution in [3.63, 3.8) is 0 Å². The lowest BCUT2D eigenvalue weighted by atomic mass is 10.1. The van der Waals surface area contributed by atoms with Gasteiger partial charge in [0.15, 0.2) is 5.65 Å². The molecule has 4 rings (SSSR count). The largest absolute Gasteiger partial charge is 0.497 e. The Morgan fingerprint density at radius 1 is 1.07 bits per heavy atom. The molecule has 4 aromatic rings. The van der Waals surface area contributed by atoms with E-state index in [9.17, 15) is 0 Å². The summed E-state index contributed by atoms with van der Waals surface area (Å²) in [4.78, 5) is 7.16. The first-order valence-corrected chi connectivity index (χ1v) is 9.89. The number of hydrogen-bond donors (Lipinski definition) is 1. The van der Waals surface area contributed by atoms with E-state index in [0.717, 1.165) is 64.3 Å². The third kappa shape index (κ3) is 4.20. The Morgan fingerprint density at radius 3 is 2.50 bits per heavy atom. The number of ether oxygens (including phenoxy) is 1. The molecule has 0 radical (unpaired) electrons. The molecule has 0 aliphatic heterocycles. The highest BCUT2D eigenvalue weighted by Crippen LogP contribution is 2.34. The van der Waals surface area contributed by atoms with Crippen LogP contribution >= 0.6 is 12.4 Å². The van der Waals surface area contributed by atoms with E-state index in [1.807, 2.05) is 41.9 Å². The second-order valence-electron chi connectivity index (χ2n) is 7.48. The molecule has 158 valence electrons. The molecule has 0 saturated carbocycles. The molecule has 0 atom stereocenters. The monoisotopic (exact) mass is 425 g/mol. The van der Waals surface area contributed by atoms with Gasteiger partial charge in [0, 0.05) is 11.9 Å². The van der Waals surface area contributed by atoms with E-state index >= 15 is 0 Å². The molecule has 0 unspecified atom stereocenters. The molecule has 0 saturated heterocycles. The Hall–Kier alpha value is -2.83. The number of pyridine rings is 1. The number of hydrogen-bond acceptors (Lipinski definition) is 5.